The number of carbonyl (C=O) groups excluding carboxylic acids is 1. The fourth-order valence-corrected chi connectivity index (χ4v) is 3.43. The fourth-order valence-electron chi connectivity index (χ4n) is 2.86. The van der Waals surface area contributed by atoms with Crippen LogP contribution in [0.4, 0.5) is 0 Å². The monoisotopic (exact) mass is 339 g/mol. The molecule has 0 aromatic heterocycles. The fraction of sp³-hybridized carbons (Fsp3) is 0.533. The Kier molecular flexibility index (Phi) is 4.51. The molecular weight excluding hydrogens is 322 g/mol. The summed E-state index contributed by atoms with van der Waals surface area (Å²) in [5.74, 6) is 1.39. The largest absolute Gasteiger partial charge is 0.493 e. The Morgan fingerprint density at radius 2 is 2.00 bits per heavy atom. The lowest BCUT2D eigenvalue weighted by atomic mass is 9.70. The molecule has 0 bridgehead atoms. The third-order valence-electron chi connectivity index (χ3n) is 4.00. The van der Waals surface area contributed by atoms with Crippen LogP contribution in [0.15, 0.2) is 15.5 Å². The van der Waals surface area contributed by atoms with Crippen LogP contribution in [0.25, 0.3) is 0 Å². The Balaban J connectivity index is 2.70. The molecule has 1 saturated carbocycles. The van der Waals surface area contributed by atoms with E-state index in [4.69, 9.17) is 9.47 Å². The number of aliphatic imine (C=N–C) groups is 1. The average Bonchev–Trinajstić information content (AvgIpc) is 2.41. The average molecular weight is 340 g/mol. The number of benzene rings is 1. The number of hydrogen-bond acceptors (Lipinski definition) is 4. The first-order chi connectivity index (χ1) is 9.63. The summed E-state index contributed by atoms with van der Waals surface area (Å²) in [5, 5.41) is 0. The first-order valence-electron chi connectivity index (χ1n) is 6.66. The minimum Gasteiger partial charge on any atom is -0.493 e. The zero-order chi connectivity index (χ0) is 14.8. The summed E-state index contributed by atoms with van der Waals surface area (Å²) in [4.78, 5) is 14.9. The zero-order valence-electron chi connectivity index (χ0n) is 12.0. The first kappa shape index (κ1) is 15.1. The summed E-state index contributed by atoms with van der Waals surface area (Å²) in [7, 11) is 3.24. The SMILES string of the molecule is CCc1c(C2(N=C=O)CCC2)cc(Br)c(OC)c1OC. The predicted molar refractivity (Wildman–Crippen MR) is 80.3 cm³/mol. The summed E-state index contributed by atoms with van der Waals surface area (Å²) in [5.41, 5.74) is 1.65. The van der Waals surface area contributed by atoms with E-state index in [0.717, 1.165) is 41.3 Å². The topological polar surface area (TPSA) is 47.9 Å². The van der Waals surface area contributed by atoms with Crippen LogP contribution in [0.5, 0.6) is 11.5 Å². The van der Waals surface area contributed by atoms with Crippen molar-refractivity contribution < 1.29 is 14.3 Å². The number of methoxy groups -OCH3 is 2. The molecule has 1 aromatic rings. The van der Waals surface area contributed by atoms with E-state index in [9.17, 15) is 4.79 Å². The van der Waals surface area contributed by atoms with Gasteiger partial charge >= 0.3 is 0 Å². The molecule has 1 aromatic carbocycles. The second-order valence-corrected chi connectivity index (χ2v) is 5.75. The molecule has 0 heterocycles. The number of isocyanates is 1. The van der Waals surface area contributed by atoms with E-state index >= 15 is 0 Å². The number of hydrogen-bond donors (Lipinski definition) is 0. The highest BCUT2D eigenvalue weighted by atomic mass is 79.9. The lowest BCUT2D eigenvalue weighted by molar-refractivity contribution is 0.251. The highest BCUT2D eigenvalue weighted by Gasteiger charge is 2.41. The van der Waals surface area contributed by atoms with Crippen LogP contribution >= 0.6 is 15.9 Å². The summed E-state index contributed by atoms with van der Waals surface area (Å²) < 4.78 is 11.8. The molecular formula is C15H18BrNO3. The molecule has 0 aliphatic heterocycles. The smallest absolute Gasteiger partial charge is 0.235 e. The highest BCUT2D eigenvalue weighted by molar-refractivity contribution is 9.10. The van der Waals surface area contributed by atoms with Gasteiger partial charge in [-0.1, -0.05) is 6.92 Å². The minimum absolute atomic E-state index is 0.435. The number of halogens is 1. The molecule has 5 heteroatoms. The van der Waals surface area contributed by atoms with Gasteiger partial charge in [0.25, 0.3) is 0 Å². The molecule has 1 aliphatic rings. The standard InChI is InChI=1S/C15H18BrNO3/c1-4-10-11(15(17-9-18)6-5-7-15)8-12(16)14(20-3)13(10)19-2/h8H,4-7H2,1-3H3. The van der Waals surface area contributed by atoms with Gasteiger partial charge in [0.15, 0.2) is 11.5 Å². The van der Waals surface area contributed by atoms with Crippen molar-refractivity contribution in [1.82, 2.24) is 0 Å². The van der Waals surface area contributed by atoms with E-state index in [1.165, 1.54) is 0 Å². The lowest BCUT2D eigenvalue weighted by Gasteiger charge is -2.39. The van der Waals surface area contributed by atoms with Crippen molar-refractivity contribution in [2.45, 2.75) is 38.1 Å². The van der Waals surface area contributed by atoms with Crippen LogP contribution in [-0.4, -0.2) is 20.3 Å². The molecule has 0 unspecified atom stereocenters. The molecule has 0 saturated heterocycles. The Bertz CT molecular complexity index is 561. The van der Waals surface area contributed by atoms with Gasteiger partial charge in [-0.25, -0.2) is 4.79 Å². The van der Waals surface area contributed by atoms with E-state index in [1.54, 1.807) is 20.3 Å². The van der Waals surface area contributed by atoms with Crippen molar-refractivity contribution in [3.8, 4) is 11.5 Å². The maximum Gasteiger partial charge on any atom is 0.235 e. The normalized spacial score (nSPS) is 16.0. The number of nitrogens with zero attached hydrogens (tertiary/aromatic N) is 1. The Morgan fingerprint density at radius 1 is 1.35 bits per heavy atom. The van der Waals surface area contributed by atoms with E-state index in [-0.39, 0.29) is 0 Å². The Morgan fingerprint density at radius 3 is 2.40 bits per heavy atom. The van der Waals surface area contributed by atoms with Gasteiger partial charge in [0.05, 0.1) is 24.2 Å². The number of ether oxygens (including phenoxy) is 2. The quantitative estimate of drug-likeness (QED) is 0.606. The van der Waals surface area contributed by atoms with E-state index in [2.05, 4.69) is 27.8 Å². The molecule has 4 nitrogen and oxygen atoms in total. The van der Waals surface area contributed by atoms with Gasteiger partial charge in [-0.2, -0.15) is 4.99 Å². The van der Waals surface area contributed by atoms with Crippen molar-refractivity contribution in [2.75, 3.05) is 14.2 Å². The van der Waals surface area contributed by atoms with E-state index in [0.29, 0.717) is 11.5 Å². The molecule has 0 N–H and O–H groups in total. The Labute approximate surface area is 127 Å². The van der Waals surface area contributed by atoms with Crippen molar-refractivity contribution in [1.29, 1.82) is 0 Å². The second kappa shape index (κ2) is 5.98. The van der Waals surface area contributed by atoms with Gasteiger partial charge in [0.1, 0.15) is 0 Å². The van der Waals surface area contributed by atoms with Crippen LogP contribution in [0, 0.1) is 0 Å². The van der Waals surface area contributed by atoms with Crippen LogP contribution in [0.1, 0.15) is 37.3 Å². The number of rotatable bonds is 5. The van der Waals surface area contributed by atoms with Crippen molar-refractivity contribution in [3.63, 3.8) is 0 Å². The summed E-state index contributed by atoms with van der Waals surface area (Å²) in [6, 6.07) is 2.00. The van der Waals surface area contributed by atoms with Crippen LogP contribution in [0.2, 0.25) is 0 Å². The lowest BCUT2D eigenvalue weighted by Crippen LogP contribution is -2.33. The maximum absolute atomic E-state index is 10.8. The maximum atomic E-state index is 10.8. The summed E-state index contributed by atoms with van der Waals surface area (Å²) in [6.07, 6.45) is 5.34. The van der Waals surface area contributed by atoms with Gasteiger partial charge in [0, 0.05) is 5.56 Å². The third-order valence-corrected chi connectivity index (χ3v) is 4.59. The molecule has 0 atom stereocenters. The molecule has 0 spiro atoms. The van der Waals surface area contributed by atoms with Crippen molar-refractivity contribution in [3.05, 3.63) is 21.7 Å². The van der Waals surface area contributed by atoms with Gasteiger partial charge in [-0.05, 0) is 53.2 Å². The van der Waals surface area contributed by atoms with Gasteiger partial charge in [-0.15, -0.1) is 0 Å². The van der Waals surface area contributed by atoms with Gasteiger partial charge in [-0.3, -0.25) is 0 Å². The predicted octanol–water partition coefficient (Wildman–Crippen LogP) is 3.74. The summed E-state index contributed by atoms with van der Waals surface area (Å²) in [6.45, 7) is 2.06. The van der Waals surface area contributed by atoms with E-state index < -0.39 is 5.54 Å². The van der Waals surface area contributed by atoms with Crippen LogP contribution < -0.4 is 9.47 Å². The molecule has 2 rings (SSSR count). The van der Waals surface area contributed by atoms with Crippen molar-refractivity contribution in [2.24, 2.45) is 4.99 Å². The molecule has 20 heavy (non-hydrogen) atoms. The third kappa shape index (κ3) is 2.25. The second-order valence-electron chi connectivity index (χ2n) is 4.89. The molecule has 0 radical (unpaired) electrons. The van der Waals surface area contributed by atoms with Crippen LogP contribution in [-0.2, 0) is 16.8 Å². The van der Waals surface area contributed by atoms with Crippen molar-refractivity contribution >= 4 is 22.0 Å². The van der Waals surface area contributed by atoms with E-state index in [1.807, 2.05) is 6.07 Å². The molecule has 1 aliphatic carbocycles. The minimum atomic E-state index is -0.435. The zero-order valence-corrected chi connectivity index (χ0v) is 13.5. The molecule has 0 amide bonds. The molecule has 108 valence electrons. The molecule has 1 fully saturated rings. The Hall–Kier alpha value is -1.32. The highest BCUT2D eigenvalue weighted by Crippen LogP contribution is 2.51. The summed E-state index contributed by atoms with van der Waals surface area (Å²) >= 11 is 3.51. The van der Waals surface area contributed by atoms with Gasteiger partial charge < -0.3 is 9.47 Å². The van der Waals surface area contributed by atoms with Gasteiger partial charge in [0.2, 0.25) is 6.08 Å². The van der Waals surface area contributed by atoms with Crippen LogP contribution in [0.3, 0.4) is 0 Å². The first-order valence-corrected chi connectivity index (χ1v) is 7.45.